The third-order valence-electron chi connectivity index (χ3n) is 3.09. The van der Waals surface area contributed by atoms with E-state index in [-0.39, 0.29) is 29.5 Å². The number of aromatic amines is 1. The lowest BCUT2D eigenvalue weighted by Crippen LogP contribution is -2.50. The predicted molar refractivity (Wildman–Crippen MR) is 66.7 cm³/mol. The molecule has 0 radical (unpaired) electrons. The van der Waals surface area contributed by atoms with Crippen molar-refractivity contribution < 1.29 is 14.7 Å². The summed E-state index contributed by atoms with van der Waals surface area (Å²) in [5, 5.41) is 15.3. The van der Waals surface area contributed by atoms with Crippen molar-refractivity contribution in [2.24, 2.45) is 5.92 Å². The molecule has 0 spiro atoms. The minimum absolute atomic E-state index is 0.0440. The van der Waals surface area contributed by atoms with E-state index in [2.05, 4.69) is 15.2 Å². The number of carbonyl (C=O) groups excluding carboxylic acids is 1. The monoisotopic (exact) mass is 266 g/mol. The molecule has 0 unspecified atom stereocenters. The van der Waals surface area contributed by atoms with Crippen LogP contribution in [-0.4, -0.2) is 50.2 Å². The molecule has 19 heavy (non-hydrogen) atoms. The maximum absolute atomic E-state index is 12.0. The van der Waals surface area contributed by atoms with Gasteiger partial charge in [-0.15, -0.1) is 5.10 Å². The van der Waals surface area contributed by atoms with Crippen molar-refractivity contribution in [2.45, 2.75) is 32.6 Å². The maximum atomic E-state index is 12.0. The minimum Gasteiger partial charge on any atom is -0.481 e. The van der Waals surface area contributed by atoms with E-state index in [0.717, 1.165) is 0 Å². The van der Waals surface area contributed by atoms with Gasteiger partial charge in [-0.3, -0.25) is 14.7 Å². The van der Waals surface area contributed by atoms with Gasteiger partial charge in [-0.2, -0.15) is 0 Å². The number of carbonyl (C=O) groups is 2. The van der Waals surface area contributed by atoms with Crippen LogP contribution < -0.4 is 0 Å². The van der Waals surface area contributed by atoms with E-state index in [1.54, 1.807) is 4.90 Å². The van der Waals surface area contributed by atoms with Gasteiger partial charge in [0.2, 0.25) is 5.82 Å². The second kappa shape index (κ2) is 4.64. The summed E-state index contributed by atoms with van der Waals surface area (Å²) in [4.78, 5) is 28.3. The molecule has 1 amide bonds. The van der Waals surface area contributed by atoms with Gasteiger partial charge in [-0.05, 0) is 0 Å². The second-order valence-corrected chi connectivity index (χ2v) is 5.93. The predicted octanol–water partition coefficient (Wildman–Crippen LogP) is 0.649. The van der Waals surface area contributed by atoms with E-state index >= 15 is 0 Å². The standard InChI is InChI=1S/C12H18N4O3/c1-12(2,3)11-13-9(14-15-11)10(19)16-5-7(6-16)4-8(17)18/h7H,4-6H2,1-3H3,(H,17,18)(H,13,14,15). The van der Waals surface area contributed by atoms with Gasteiger partial charge in [0.15, 0.2) is 0 Å². The van der Waals surface area contributed by atoms with E-state index in [0.29, 0.717) is 18.9 Å². The Morgan fingerprint density at radius 2 is 2.05 bits per heavy atom. The maximum Gasteiger partial charge on any atom is 0.303 e. The highest BCUT2D eigenvalue weighted by atomic mass is 16.4. The number of likely N-dealkylation sites (tertiary alicyclic amines) is 1. The number of hydrogen-bond donors (Lipinski definition) is 2. The number of carboxylic acid groups (broad SMARTS) is 1. The Bertz CT molecular complexity index is 497. The van der Waals surface area contributed by atoms with Gasteiger partial charge in [0, 0.05) is 24.4 Å². The fourth-order valence-electron chi connectivity index (χ4n) is 1.95. The molecule has 0 aliphatic carbocycles. The lowest BCUT2D eigenvalue weighted by atomic mass is 9.96. The fourth-order valence-corrected chi connectivity index (χ4v) is 1.95. The fraction of sp³-hybridized carbons (Fsp3) is 0.667. The average molecular weight is 266 g/mol. The summed E-state index contributed by atoms with van der Waals surface area (Å²) in [6, 6.07) is 0. The molecule has 7 nitrogen and oxygen atoms in total. The molecular weight excluding hydrogens is 248 g/mol. The Hall–Kier alpha value is -1.92. The number of nitrogens with zero attached hydrogens (tertiary/aromatic N) is 3. The molecule has 0 saturated carbocycles. The molecule has 1 aromatic rings. The van der Waals surface area contributed by atoms with Crippen LogP contribution in [0.4, 0.5) is 0 Å². The van der Waals surface area contributed by atoms with Crippen LogP contribution in [0.15, 0.2) is 0 Å². The first-order valence-electron chi connectivity index (χ1n) is 6.21. The Morgan fingerprint density at radius 3 is 2.53 bits per heavy atom. The largest absolute Gasteiger partial charge is 0.481 e. The van der Waals surface area contributed by atoms with Crippen LogP contribution in [0.5, 0.6) is 0 Å². The van der Waals surface area contributed by atoms with E-state index in [1.807, 2.05) is 20.8 Å². The van der Waals surface area contributed by atoms with Gasteiger partial charge in [0.25, 0.3) is 5.91 Å². The first-order valence-corrected chi connectivity index (χ1v) is 6.21. The second-order valence-electron chi connectivity index (χ2n) is 5.93. The highest BCUT2D eigenvalue weighted by Crippen LogP contribution is 2.22. The van der Waals surface area contributed by atoms with Crippen LogP contribution in [0.1, 0.15) is 43.6 Å². The van der Waals surface area contributed by atoms with Gasteiger partial charge in [-0.1, -0.05) is 20.8 Å². The summed E-state index contributed by atoms with van der Waals surface area (Å²) < 4.78 is 0. The highest BCUT2D eigenvalue weighted by molar-refractivity contribution is 5.91. The zero-order chi connectivity index (χ0) is 14.2. The van der Waals surface area contributed by atoms with Crippen LogP contribution in [-0.2, 0) is 10.2 Å². The summed E-state index contributed by atoms with van der Waals surface area (Å²) in [5.41, 5.74) is -0.188. The Labute approximate surface area is 111 Å². The van der Waals surface area contributed by atoms with Crippen molar-refractivity contribution in [2.75, 3.05) is 13.1 Å². The Morgan fingerprint density at radius 1 is 1.42 bits per heavy atom. The lowest BCUT2D eigenvalue weighted by molar-refractivity contribution is -0.139. The highest BCUT2D eigenvalue weighted by Gasteiger charge is 2.34. The summed E-state index contributed by atoms with van der Waals surface area (Å²) in [6.45, 7) is 6.87. The molecule has 1 saturated heterocycles. The van der Waals surface area contributed by atoms with Crippen LogP contribution in [0, 0.1) is 5.92 Å². The number of hydrogen-bond acceptors (Lipinski definition) is 4. The molecule has 1 aliphatic heterocycles. The molecule has 1 fully saturated rings. The zero-order valence-corrected chi connectivity index (χ0v) is 11.3. The number of aliphatic carboxylic acids is 1. The van der Waals surface area contributed by atoms with Gasteiger partial charge >= 0.3 is 5.97 Å². The summed E-state index contributed by atoms with van der Waals surface area (Å²) in [6.07, 6.45) is 0.102. The van der Waals surface area contributed by atoms with Crippen molar-refractivity contribution in [1.82, 2.24) is 20.1 Å². The topological polar surface area (TPSA) is 99.2 Å². The third-order valence-corrected chi connectivity index (χ3v) is 3.09. The molecule has 0 aromatic carbocycles. The molecular formula is C12H18N4O3. The number of aromatic nitrogens is 3. The van der Waals surface area contributed by atoms with Crippen molar-refractivity contribution in [1.29, 1.82) is 0 Å². The molecule has 1 aromatic heterocycles. The first-order chi connectivity index (χ1) is 8.77. The number of carboxylic acids is 1. The first kappa shape index (κ1) is 13.5. The summed E-state index contributed by atoms with van der Waals surface area (Å²) in [7, 11) is 0. The van der Waals surface area contributed by atoms with Crippen molar-refractivity contribution in [3.8, 4) is 0 Å². The smallest absolute Gasteiger partial charge is 0.303 e. The summed E-state index contributed by atoms with van der Waals surface area (Å²) in [5.74, 6) is -0.210. The molecule has 2 rings (SSSR count). The molecule has 0 bridgehead atoms. The van der Waals surface area contributed by atoms with Crippen molar-refractivity contribution in [3.05, 3.63) is 11.6 Å². The van der Waals surface area contributed by atoms with Crippen LogP contribution >= 0.6 is 0 Å². The van der Waals surface area contributed by atoms with Gasteiger partial charge < -0.3 is 10.0 Å². The van der Waals surface area contributed by atoms with E-state index in [9.17, 15) is 9.59 Å². The van der Waals surface area contributed by atoms with E-state index in [4.69, 9.17) is 5.11 Å². The number of nitrogens with one attached hydrogen (secondary N) is 1. The molecule has 2 N–H and O–H groups in total. The lowest BCUT2D eigenvalue weighted by Gasteiger charge is -2.37. The van der Waals surface area contributed by atoms with Gasteiger partial charge in [0.05, 0.1) is 6.42 Å². The van der Waals surface area contributed by atoms with Gasteiger partial charge in [0.1, 0.15) is 5.82 Å². The molecule has 7 heteroatoms. The van der Waals surface area contributed by atoms with E-state index < -0.39 is 5.97 Å². The molecule has 0 atom stereocenters. The Balaban J connectivity index is 1.95. The van der Waals surface area contributed by atoms with Gasteiger partial charge in [-0.25, -0.2) is 4.98 Å². The Kier molecular flexibility index (Phi) is 3.30. The number of H-pyrrole nitrogens is 1. The quantitative estimate of drug-likeness (QED) is 0.836. The summed E-state index contributed by atoms with van der Waals surface area (Å²) >= 11 is 0. The van der Waals surface area contributed by atoms with E-state index in [1.165, 1.54) is 0 Å². The average Bonchev–Trinajstić information content (AvgIpc) is 2.70. The number of amides is 1. The normalized spacial score (nSPS) is 16.3. The molecule has 1 aliphatic rings. The van der Waals surface area contributed by atoms with Crippen molar-refractivity contribution >= 4 is 11.9 Å². The SMILES string of the molecule is CC(C)(C)c1nc(C(=O)N2CC(CC(=O)O)C2)n[nH]1. The number of rotatable bonds is 3. The third kappa shape index (κ3) is 2.91. The molecule has 2 heterocycles. The van der Waals surface area contributed by atoms with Crippen LogP contribution in [0.3, 0.4) is 0 Å². The molecule has 104 valence electrons. The zero-order valence-electron chi connectivity index (χ0n) is 11.3. The minimum atomic E-state index is -0.829. The van der Waals surface area contributed by atoms with Crippen molar-refractivity contribution in [3.63, 3.8) is 0 Å². The van der Waals surface area contributed by atoms with Crippen LogP contribution in [0.25, 0.3) is 0 Å². The van der Waals surface area contributed by atoms with Crippen LogP contribution in [0.2, 0.25) is 0 Å².